The van der Waals surface area contributed by atoms with Crippen molar-refractivity contribution in [2.75, 3.05) is 16.6 Å². The first-order valence-electron chi connectivity index (χ1n) is 6.97. The number of anilines is 2. The van der Waals surface area contributed by atoms with Crippen LogP contribution in [0.3, 0.4) is 0 Å². The van der Waals surface area contributed by atoms with Crippen molar-refractivity contribution in [2.45, 2.75) is 4.90 Å². The molecule has 0 aliphatic carbocycles. The predicted octanol–water partition coefficient (Wildman–Crippen LogP) is 3.40. The largest absolute Gasteiger partial charge is 0.399 e. The Hall–Kier alpha value is -2.45. The third-order valence-electron chi connectivity index (χ3n) is 3.32. The first kappa shape index (κ1) is 16.4. The minimum atomic E-state index is -3.83. The summed E-state index contributed by atoms with van der Waals surface area (Å²) >= 11 is 1.11. The lowest BCUT2D eigenvalue weighted by Crippen LogP contribution is -2.31. The number of nitrogens with two attached hydrogens (primary N) is 1. The van der Waals surface area contributed by atoms with Gasteiger partial charge < -0.3 is 5.73 Å². The molecule has 3 aromatic rings. The second-order valence-corrected chi connectivity index (χ2v) is 7.87. The van der Waals surface area contributed by atoms with Crippen LogP contribution in [0.2, 0.25) is 0 Å². The van der Waals surface area contributed by atoms with Crippen molar-refractivity contribution in [3.8, 4) is 0 Å². The fourth-order valence-corrected chi connectivity index (χ4v) is 4.75. The lowest BCUT2D eigenvalue weighted by Gasteiger charge is -2.20. The van der Waals surface area contributed by atoms with Crippen LogP contribution in [0, 0.1) is 5.82 Å². The Kier molecular flexibility index (Phi) is 4.25. The van der Waals surface area contributed by atoms with Gasteiger partial charge in [-0.05, 0) is 42.5 Å². The van der Waals surface area contributed by atoms with E-state index in [0.29, 0.717) is 15.9 Å². The fraction of sp³-hybridized carbons (Fsp3) is 0.0625. The number of benzene rings is 2. The number of thiazole rings is 1. The van der Waals surface area contributed by atoms with Gasteiger partial charge in [0, 0.05) is 5.69 Å². The summed E-state index contributed by atoms with van der Waals surface area (Å²) in [6, 6.07) is 10.1. The molecule has 0 saturated carbocycles. The summed E-state index contributed by atoms with van der Waals surface area (Å²) in [5.41, 5.74) is 6.62. The fourth-order valence-electron chi connectivity index (χ4n) is 2.16. The van der Waals surface area contributed by atoms with E-state index in [0.717, 1.165) is 15.6 Å². The number of aromatic nitrogens is 1. The number of fused-ring (bicyclic) bond motifs is 1. The number of nitrogens with zero attached hydrogens (tertiary/aromatic N) is 2. The summed E-state index contributed by atoms with van der Waals surface area (Å²) in [6.07, 6.45) is 1.47. The lowest BCUT2D eigenvalue weighted by molar-refractivity contribution is 0.593. The van der Waals surface area contributed by atoms with Gasteiger partial charge in [-0.2, -0.15) is 0 Å². The van der Waals surface area contributed by atoms with Gasteiger partial charge in [0.1, 0.15) is 5.82 Å². The molecule has 1 aromatic heterocycles. The Balaban J connectivity index is 2.10. The van der Waals surface area contributed by atoms with Crippen molar-refractivity contribution in [3.05, 3.63) is 60.9 Å². The smallest absolute Gasteiger partial charge is 0.266 e. The second-order valence-electron chi connectivity index (χ2n) is 5.00. The maximum atomic E-state index is 13.4. The number of rotatable bonds is 5. The lowest BCUT2D eigenvalue weighted by atomic mass is 10.3. The van der Waals surface area contributed by atoms with Gasteiger partial charge in [-0.3, -0.25) is 0 Å². The average molecular weight is 363 g/mol. The van der Waals surface area contributed by atoms with E-state index < -0.39 is 15.8 Å². The average Bonchev–Trinajstić information content (AvgIpc) is 2.95. The standard InChI is InChI=1S/C16H14FN3O2S2/c1-2-9-20(24(21,22)13-6-4-12(18)5-7-13)16-19-14-8-3-11(17)10-15(14)23-16/h2-8,10H,1,9,18H2. The van der Waals surface area contributed by atoms with Crippen molar-refractivity contribution < 1.29 is 12.8 Å². The second kappa shape index (κ2) is 6.21. The summed E-state index contributed by atoms with van der Waals surface area (Å²) in [7, 11) is -3.83. The van der Waals surface area contributed by atoms with Crippen LogP contribution in [0.5, 0.6) is 0 Å². The highest BCUT2D eigenvalue weighted by atomic mass is 32.2. The molecule has 0 saturated heterocycles. The molecule has 0 unspecified atom stereocenters. The molecule has 0 atom stereocenters. The minimum absolute atomic E-state index is 0.0506. The van der Waals surface area contributed by atoms with Crippen LogP contribution in [0.4, 0.5) is 15.2 Å². The van der Waals surface area contributed by atoms with Crippen LogP contribution in [-0.2, 0) is 10.0 Å². The Morgan fingerprint density at radius 3 is 2.62 bits per heavy atom. The zero-order chi connectivity index (χ0) is 17.3. The monoisotopic (exact) mass is 363 g/mol. The SMILES string of the molecule is C=CCN(c1nc2ccc(F)cc2s1)S(=O)(=O)c1ccc(N)cc1. The van der Waals surface area contributed by atoms with Gasteiger partial charge in [0.05, 0.1) is 21.7 Å². The van der Waals surface area contributed by atoms with Gasteiger partial charge in [0.2, 0.25) is 5.13 Å². The van der Waals surface area contributed by atoms with Crippen LogP contribution in [0.15, 0.2) is 60.0 Å². The van der Waals surface area contributed by atoms with E-state index >= 15 is 0 Å². The van der Waals surface area contributed by atoms with Gasteiger partial charge in [-0.1, -0.05) is 17.4 Å². The first-order valence-corrected chi connectivity index (χ1v) is 9.23. The number of nitrogen functional groups attached to an aromatic ring is 1. The quantitative estimate of drug-likeness (QED) is 0.557. The molecular weight excluding hydrogens is 349 g/mol. The predicted molar refractivity (Wildman–Crippen MR) is 95.2 cm³/mol. The summed E-state index contributed by atoms with van der Waals surface area (Å²) in [4.78, 5) is 4.41. The van der Waals surface area contributed by atoms with Crippen LogP contribution in [-0.4, -0.2) is 19.9 Å². The van der Waals surface area contributed by atoms with Crippen molar-refractivity contribution in [3.63, 3.8) is 0 Å². The Labute approximate surface area is 142 Å². The van der Waals surface area contributed by atoms with Gasteiger partial charge in [-0.15, -0.1) is 6.58 Å². The summed E-state index contributed by atoms with van der Waals surface area (Å²) in [5.74, 6) is -0.394. The van der Waals surface area contributed by atoms with E-state index in [1.807, 2.05) is 0 Å². The molecule has 0 aliphatic rings. The van der Waals surface area contributed by atoms with Crippen LogP contribution < -0.4 is 10.0 Å². The molecule has 0 fully saturated rings. The minimum Gasteiger partial charge on any atom is -0.399 e. The molecule has 0 bridgehead atoms. The third kappa shape index (κ3) is 2.98. The summed E-state index contributed by atoms with van der Waals surface area (Å²) in [6.45, 7) is 3.66. The molecular formula is C16H14FN3O2S2. The molecule has 2 N–H and O–H groups in total. The molecule has 1 heterocycles. The highest BCUT2D eigenvalue weighted by molar-refractivity contribution is 7.93. The highest BCUT2D eigenvalue weighted by Crippen LogP contribution is 2.32. The summed E-state index contributed by atoms with van der Waals surface area (Å²) in [5, 5.41) is 0.257. The Bertz CT molecular complexity index is 998. The van der Waals surface area contributed by atoms with Crippen molar-refractivity contribution in [1.82, 2.24) is 4.98 Å². The number of hydrogen-bond acceptors (Lipinski definition) is 5. The maximum Gasteiger partial charge on any atom is 0.266 e. The zero-order valence-electron chi connectivity index (χ0n) is 12.5. The molecule has 2 aromatic carbocycles. The van der Waals surface area contributed by atoms with Crippen LogP contribution in [0.1, 0.15) is 0 Å². The molecule has 5 nitrogen and oxygen atoms in total. The zero-order valence-corrected chi connectivity index (χ0v) is 14.1. The number of hydrogen-bond donors (Lipinski definition) is 1. The molecule has 0 amide bonds. The van der Waals surface area contributed by atoms with E-state index in [4.69, 9.17) is 5.73 Å². The molecule has 24 heavy (non-hydrogen) atoms. The molecule has 3 rings (SSSR count). The highest BCUT2D eigenvalue weighted by Gasteiger charge is 2.26. The topological polar surface area (TPSA) is 76.3 Å². The molecule has 8 heteroatoms. The van der Waals surface area contributed by atoms with Crippen LogP contribution >= 0.6 is 11.3 Å². The van der Waals surface area contributed by atoms with Crippen molar-refractivity contribution in [2.24, 2.45) is 0 Å². The van der Waals surface area contributed by atoms with E-state index in [-0.39, 0.29) is 16.6 Å². The molecule has 0 aliphatic heterocycles. The number of sulfonamides is 1. The van der Waals surface area contributed by atoms with E-state index in [9.17, 15) is 12.8 Å². The third-order valence-corrected chi connectivity index (χ3v) is 6.24. The van der Waals surface area contributed by atoms with Crippen molar-refractivity contribution in [1.29, 1.82) is 0 Å². The number of halogens is 1. The van der Waals surface area contributed by atoms with E-state index in [1.165, 1.54) is 48.5 Å². The normalized spacial score (nSPS) is 11.5. The van der Waals surface area contributed by atoms with Gasteiger partial charge in [-0.25, -0.2) is 22.1 Å². The van der Waals surface area contributed by atoms with Gasteiger partial charge in [0.25, 0.3) is 10.0 Å². The molecule has 0 spiro atoms. The summed E-state index contributed by atoms with van der Waals surface area (Å²) < 4.78 is 40.9. The van der Waals surface area contributed by atoms with Crippen LogP contribution in [0.25, 0.3) is 10.2 Å². The Morgan fingerprint density at radius 2 is 1.96 bits per heavy atom. The first-order chi connectivity index (χ1) is 11.4. The maximum absolute atomic E-state index is 13.4. The van der Waals surface area contributed by atoms with E-state index in [2.05, 4.69) is 11.6 Å². The van der Waals surface area contributed by atoms with Gasteiger partial charge >= 0.3 is 0 Å². The molecule has 124 valence electrons. The van der Waals surface area contributed by atoms with E-state index in [1.54, 1.807) is 0 Å². The van der Waals surface area contributed by atoms with Crippen molar-refractivity contribution >= 4 is 42.4 Å². The Morgan fingerprint density at radius 1 is 1.25 bits per heavy atom. The van der Waals surface area contributed by atoms with Gasteiger partial charge in [0.15, 0.2) is 0 Å². The molecule has 0 radical (unpaired) electrons.